The van der Waals surface area contributed by atoms with Crippen LogP contribution in [-0.2, 0) is 11.3 Å². The number of nitrogens with zero attached hydrogens (tertiary/aromatic N) is 1. The minimum atomic E-state index is -2.35. The van der Waals surface area contributed by atoms with Crippen molar-refractivity contribution in [2.45, 2.75) is 6.61 Å². The lowest BCUT2D eigenvalue weighted by Gasteiger charge is -2.11. The van der Waals surface area contributed by atoms with E-state index in [0.29, 0.717) is 0 Å². The van der Waals surface area contributed by atoms with Gasteiger partial charge in [-0.1, -0.05) is 0 Å². The molecule has 0 aromatic heterocycles. The van der Waals surface area contributed by atoms with Gasteiger partial charge in [-0.25, -0.2) is 26.7 Å². The highest BCUT2D eigenvalue weighted by Crippen LogP contribution is 2.27. The van der Waals surface area contributed by atoms with E-state index in [0.717, 1.165) is 25.3 Å². The Labute approximate surface area is 141 Å². The molecule has 0 spiro atoms. The molecule has 0 bridgehead atoms. The average molecular weight is 377 g/mol. The second-order valence-corrected chi connectivity index (χ2v) is 4.77. The SMILES string of the molecule is COc1ccc([N+](=O)[O-])cc1C(=O)OCc1c(F)c(F)c(F)c(F)c1F. The molecule has 11 heteroatoms. The Kier molecular flexibility index (Phi) is 5.38. The standard InChI is InChI=1S/C15H8F5NO5/c1-25-9-3-2-6(21(23)24)4-7(9)15(22)26-5-8-10(16)12(18)14(20)13(19)11(8)17/h2-4H,5H2,1H3. The zero-order valence-electron chi connectivity index (χ0n) is 12.8. The fraction of sp³-hybridized carbons (Fsp3) is 0.133. The van der Waals surface area contributed by atoms with Gasteiger partial charge in [0.15, 0.2) is 23.3 Å². The van der Waals surface area contributed by atoms with E-state index in [2.05, 4.69) is 4.74 Å². The van der Waals surface area contributed by atoms with Crippen LogP contribution < -0.4 is 4.74 Å². The van der Waals surface area contributed by atoms with E-state index in [4.69, 9.17) is 4.74 Å². The number of non-ortho nitro benzene ring substituents is 1. The van der Waals surface area contributed by atoms with Gasteiger partial charge < -0.3 is 9.47 Å². The van der Waals surface area contributed by atoms with Gasteiger partial charge in [-0.15, -0.1) is 0 Å². The molecule has 0 radical (unpaired) electrons. The van der Waals surface area contributed by atoms with Gasteiger partial charge in [-0.05, 0) is 6.07 Å². The van der Waals surface area contributed by atoms with Gasteiger partial charge in [0.1, 0.15) is 17.9 Å². The van der Waals surface area contributed by atoms with Crippen molar-refractivity contribution in [1.82, 2.24) is 0 Å². The zero-order valence-corrected chi connectivity index (χ0v) is 12.8. The van der Waals surface area contributed by atoms with Gasteiger partial charge in [0.2, 0.25) is 5.82 Å². The lowest BCUT2D eigenvalue weighted by molar-refractivity contribution is -0.384. The summed E-state index contributed by atoms with van der Waals surface area (Å²) in [6, 6.07) is 2.88. The summed E-state index contributed by atoms with van der Waals surface area (Å²) in [5.41, 5.74) is -2.33. The molecule has 0 heterocycles. The second-order valence-electron chi connectivity index (χ2n) is 4.77. The molecule has 0 amide bonds. The van der Waals surface area contributed by atoms with Crippen molar-refractivity contribution in [1.29, 1.82) is 0 Å². The predicted molar refractivity (Wildman–Crippen MR) is 75.0 cm³/mol. The van der Waals surface area contributed by atoms with Gasteiger partial charge in [-0.2, -0.15) is 0 Å². The molecule has 0 saturated carbocycles. The Bertz CT molecular complexity index is 873. The fourth-order valence-corrected chi connectivity index (χ4v) is 1.96. The van der Waals surface area contributed by atoms with E-state index < -0.39 is 63.4 Å². The van der Waals surface area contributed by atoms with Crippen LogP contribution in [-0.4, -0.2) is 18.0 Å². The highest BCUT2D eigenvalue weighted by atomic mass is 19.2. The maximum atomic E-state index is 13.5. The highest BCUT2D eigenvalue weighted by Gasteiger charge is 2.27. The zero-order chi connectivity index (χ0) is 19.6. The van der Waals surface area contributed by atoms with Crippen molar-refractivity contribution in [3.63, 3.8) is 0 Å². The van der Waals surface area contributed by atoms with E-state index >= 15 is 0 Å². The van der Waals surface area contributed by atoms with Crippen LogP contribution in [0.3, 0.4) is 0 Å². The minimum Gasteiger partial charge on any atom is -0.496 e. The van der Waals surface area contributed by atoms with Crippen LogP contribution >= 0.6 is 0 Å². The second kappa shape index (κ2) is 7.33. The molecular weight excluding hydrogens is 369 g/mol. The number of nitro benzene ring substituents is 1. The molecule has 0 aliphatic rings. The quantitative estimate of drug-likeness (QED) is 0.198. The Morgan fingerprint density at radius 3 is 2.08 bits per heavy atom. The fourth-order valence-electron chi connectivity index (χ4n) is 1.96. The molecule has 0 N–H and O–H groups in total. The van der Waals surface area contributed by atoms with E-state index in [-0.39, 0.29) is 5.75 Å². The Balaban J connectivity index is 2.33. The van der Waals surface area contributed by atoms with Crippen molar-refractivity contribution < 1.29 is 41.1 Å². The monoisotopic (exact) mass is 377 g/mol. The molecule has 0 aliphatic carbocycles. The first kappa shape index (κ1) is 19.1. The lowest BCUT2D eigenvalue weighted by atomic mass is 10.1. The van der Waals surface area contributed by atoms with Crippen LogP contribution in [0.2, 0.25) is 0 Å². The molecule has 0 fully saturated rings. The first-order valence-corrected chi connectivity index (χ1v) is 6.68. The van der Waals surface area contributed by atoms with Crippen LogP contribution in [0.5, 0.6) is 5.75 Å². The molecule has 2 aromatic carbocycles. The summed E-state index contributed by atoms with van der Waals surface area (Å²) in [5, 5.41) is 10.7. The Hall–Kier alpha value is -3.24. The molecule has 138 valence electrons. The van der Waals surface area contributed by atoms with Crippen molar-refractivity contribution in [3.05, 3.63) is 68.5 Å². The molecule has 0 atom stereocenters. The first-order chi connectivity index (χ1) is 12.2. The van der Waals surface area contributed by atoms with Crippen molar-refractivity contribution in [2.75, 3.05) is 7.11 Å². The van der Waals surface area contributed by atoms with Crippen molar-refractivity contribution in [3.8, 4) is 5.75 Å². The average Bonchev–Trinajstić information content (AvgIpc) is 2.63. The lowest BCUT2D eigenvalue weighted by Crippen LogP contribution is -2.12. The predicted octanol–water partition coefficient (Wildman–Crippen LogP) is 3.66. The number of rotatable bonds is 5. The number of ether oxygens (including phenoxy) is 2. The number of carbonyl (C=O) groups is 1. The smallest absolute Gasteiger partial charge is 0.342 e. The van der Waals surface area contributed by atoms with Gasteiger partial charge in [-0.3, -0.25) is 10.1 Å². The molecular formula is C15H8F5NO5. The van der Waals surface area contributed by atoms with Gasteiger partial charge in [0.05, 0.1) is 17.6 Å². The van der Waals surface area contributed by atoms with E-state index in [1.807, 2.05) is 0 Å². The number of hydrogen-bond acceptors (Lipinski definition) is 5. The number of esters is 1. The molecule has 2 aromatic rings. The maximum absolute atomic E-state index is 13.5. The van der Waals surface area contributed by atoms with Gasteiger partial charge in [0.25, 0.3) is 5.69 Å². The molecule has 2 rings (SSSR count). The summed E-state index contributed by atoms with van der Waals surface area (Å²) in [7, 11) is 1.14. The summed E-state index contributed by atoms with van der Waals surface area (Å²) >= 11 is 0. The third-order valence-electron chi connectivity index (χ3n) is 3.26. The minimum absolute atomic E-state index is 0.155. The molecule has 0 aliphatic heterocycles. The maximum Gasteiger partial charge on any atom is 0.342 e. The van der Waals surface area contributed by atoms with E-state index in [1.54, 1.807) is 0 Å². The number of halogens is 5. The van der Waals surface area contributed by atoms with Crippen LogP contribution in [0.15, 0.2) is 18.2 Å². The summed E-state index contributed by atoms with van der Waals surface area (Å²) < 4.78 is 75.6. The third kappa shape index (κ3) is 3.41. The van der Waals surface area contributed by atoms with Crippen molar-refractivity contribution >= 4 is 11.7 Å². The Morgan fingerprint density at radius 1 is 1.04 bits per heavy atom. The van der Waals surface area contributed by atoms with Gasteiger partial charge >= 0.3 is 5.97 Å². The van der Waals surface area contributed by atoms with Crippen LogP contribution in [0.4, 0.5) is 27.6 Å². The third-order valence-corrected chi connectivity index (χ3v) is 3.26. The van der Waals surface area contributed by atoms with Crippen LogP contribution in [0.1, 0.15) is 15.9 Å². The highest BCUT2D eigenvalue weighted by molar-refractivity contribution is 5.93. The van der Waals surface area contributed by atoms with E-state index in [1.165, 1.54) is 0 Å². The molecule has 0 saturated heterocycles. The molecule has 0 unspecified atom stereocenters. The molecule has 26 heavy (non-hydrogen) atoms. The summed E-state index contributed by atoms with van der Waals surface area (Å²) in [4.78, 5) is 21.9. The van der Waals surface area contributed by atoms with E-state index in [9.17, 15) is 36.9 Å². The normalized spacial score (nSPS) is 10.5. The van der Waals surface area contributed by atoms with Crippen molar-refractivity contribution in [2.24, 2.45) is 0 Å². The topological polar surface area (TPSA) is 78.7 Å². The summed E-state index contributed by atoms with van der Waals surface area (Å²) in [6.07, 6.45) is 0. The number of methoxy groups -OCH3 is 1. The Morgan fingerprint density at radius 2 is 1.58 bits per heavy atom. The summed E-state index contributed by atoms with van der Waals surface area (Å²) in [6.45, 7) is -1.30. The first-order valence-electron chi connectivity index (χ1n) is 6.68. The summed E-state index contributed by atoms with van der Waals surface area (Å²) in [5.74, 6) is -12.5. The number of hydrogen-bond donors (Lipinski definition) is 0. The molecule has 6 nitrogen and oxygen atoms in total. The van der Waals surface area contributed by atoms with Crippen LogP contribution in [0.25, 0.3) is 0 Å². The van der Waals surface area contributed by atoms with Crippen LogP contribution in [0, 0.1) is 39.2 Å². The number of nitro groups is 1. The number of carbonyl (C=O) groups excluding carboxylic acids is 1. The largest absolute Gasteiger partial charge is 0.496 e. The van der Waals surface area contributed by atoms with Gasteiger partial charge in [0, 0.05) is 12.1 Å². The number of benzene rings is 2.